The molecule has 1 aromatic heterocycles. The zero-order valence-electron chi connectivity index (χ0n) is 11.2. The van der Waals surface area contributed by atoms with Crippen LogP contribution in [-0.4, -0.2) is 10.1 Å². The fourth-order valence-electron chi connectivity index (χ4n) is 1.85. The van der Waals surface area contributed by atoms with Crippen LogP contribution in [0.5, 0.6) is 11.6 Å². The molecular formula is C15H16FNO2. The summed E-state index contributed by atoms with van der Waals surface area (Å²) in [5.74, 6) is 0.367. The van der Waals surface area contributed by atoms with Crippen LogP contribution >= 0.6 is 0 Å². The molecule has 0 atom stereocenters. The minimum absolute atomic E-state index is 0.164. The maximum atomic E-state index is 13.5. The Balaban J connectivity index is 2.39. The number of aromatic nitrogens is 1. The summed E-state index contributed by atoms with van der Waals surface area (Å²) in [5, 5.41) is 9.37. The first-order chi connectivity index (χ1) is 9.01. The van der Waals surface area contributed by atoms with Gasteiger partial charge in [0.25, 0.3) is 0 Å². The molecule has 0 amide bonds. The van der Waals surface area contributed by atoms with Crippen molar-refractivity contribution in [2.45, 2.75) is 27.4 Å². The van der Waals surface area contributed by atoms with Gasteiger partial charge in [0.15, 0.2) is 0 Å². The largest absolute Gasteiger partial charge is 0.439 e. The molecule has 1 heterocycles. The summed E-state index contributed by atoms with van der Waals surface area (Å²) in [5.41, 5.74) is 2.87. The van der Waals surface area contributed by atoms with Crippen LogP contribution in [0.15, 0.2) is 24.3 Å². The van der Waals surface area contributed by atoms with Gasteiger partial charge in [-0.25, -0.2) is 9.37 Å². The predicted molar refractivity (Wildman–Crippen MR) is 70.8 cm³/mol. The van der Waals surface area contributed by atoms with Gasteiger partial charge in [-0.2, -0.15) is 0 Å². The maximum Gasteiger partial charge on any atom is 0.225 e. The minimum Gasteiger partial charge on any atom is -0.439 e. The molecule has 0 saturated carbocycles. The van der Waals surface area contributed by atoms with Gasteiger partial charge < -0.3 is 9.84 Å². The van der Waals surface area contributed by atoms with Crippen LogP contribution in [-0.2, 0) is 6.61 Å². The van der Waals surface area contributed by atoms with E-state index in [4.69, 9.17) is 4.74 Å². The average Bonchev–Trinajstić information content (AvgIpc) is 2.33. The molecule has 4 heteroatoms. The van der Waals surface area contributed by atoms with E-state index in [1.807, 2.05) is 19.9 Å². The quantitative estimate of drug-likeness (QED) is 0.920. The Bertz CT molecular complexity index is 611. The number of aliphatic hydroxyl groups is 1. The lowest BCUT2D eigenvalue weighted by Gasteiger charge is -2.12. The highest BCUT2D eigenvalue weighted by Gasteiger charge is 2.11. The highest BCUT2D eigenvalue weighted by molar-refractivity contribution is 5.39. The first-order valence-electron chi connectivity index (χ1n) is 6.03. The molecule has 1 aromatic carbocycles. The molecule has 0 radical (unpaired) electrons. The van der Waals surface area contributed by atoms with Crippen molar-refractivity contribution >= 4 is 0 Å². The van der Waals surface area contributed by atoms with Crippen molar-refractivity contribution in [2.24, 2.45) is 0 Å². The number of hydrogen-bond acceptors (Lipinski definition) is 3. The first-order valence-corrected chi connectivity index (χ1v) is 6.03. The molecule has 3 nitrogen and oxygen atoms in total. The third kappa shape index (κ3) is 2.90. The summed E-state index contributed by atoms with van der Waals surface area (Å²) in [6.07, 6.45) is 0. The van der Waals surface area contributed by atoms with Crippen LogP contribution in [0, 0.1) is 26.6 Å². The van der Waals surface area contributed by atoms with Crippen molar-refractivity contribution in [1.82, 2.24) is 4.98 Å². The van der Waals surface area contributed by atoms with E-state index in [9.17, 15) is 9.50 Å². The molecule has 0 bridgehead atoms. The van der Waals surface area contributed by atoms with Gasteiger partial charge >= 0.3 is 0 Å². The molecule has 2 aromatic rings. The predicted octanol–water partition coefficient (Wildman–Crippen LogP) is 3.43. The summed E-state index contributed by atoms with van der Waals surface area (Å²) in [6.45, 7) is 5.25. The van der Waals surface area contributed by atoms with Gasteiger partial charge in [-0.1, -0.05) is 6.07 Å². The summed E-state index contributed by atoms with van der Waals surface area (Å²) in [4.78, 5) is 4.25. The SMILES string of the molecule is Cc1cc(C)c(CO)c(Oc2ccc(C)c(F)c2)n1. The van der Waals surface area contributed by atoms with Crippen LogP contribution in [0.2, 0.25) is 0 Å². The Morgan fingerprint density at radius 3 is 2.53 bits per heavy atom. The second kappa shape index (κ2) is 5.36. The second-order valence-electron chi connectivity index (χ2n) is 4.54. The fraction of sp³-hybridized carbons (Fsp3) is 0.267. The highest BCUT2D eigenvalue weighted by Crippen LogP contribution is 2.27. The number of pyridine rings is 1. The molecule has 0 aliphatic rings. The van der Waals surface area contributed by atoms with Crippen molar-refractivity contribution in [3.05, 3.63) is 52.5 Å². The Morgan fingerprint density at radius 2 is 1.89 bits per heavy atom. The van der Waals surface area contributed by atoms with Gasteiger partial charge in [0, 0.05) is 17.3 Å². The van der Waals surface area contributed by atoms with Gasteiger partial charge in [0.1, 0.15) is 11.6 Å². The van der Waals surface area contributed by atoms with Crippen LogP contribution in [0.4, 0.5) is 4.39 Å². The van der Waals surface area contributed by atoms with Crippen LogP contribution in [0.25, 0.3) is 0 Å². The highest BCUT2D eigenvalue weighted by atomic mass is 19.1. The Labute approximate surface area is 111 Å². The molecule has 0 unspecified atom stereocenters. The first kappa shape index (κ1) is 13.5. The smallest absolute Gasteiger partial charge is 0.225 e. The number of aryl methyl sites for hydroxylation is 3. The van der Waals surface area contributed by atoms with Crippen molar-refractivity contribution in [3.63, 3.8) is 0 Å². The number of nitrogens with zero attached hydrogens (tertiary/aromatic N) is 1. The summed E-state index contributed by atoms with van der Waals surface area (Å²) in [6, 6.07) is 6.51. The third-order valence-corrected chi connectivity index (χ3v) is 2.95. The fourth-order valence-corrected chi connectivity index (χ4v) is 1.85. The molecule has 0 saturated heterocycles. The van der Waals surface area contributed by atoms with Gasteiger partial charge in [0.05, 0.1) is 6.61 Å². The van der Waals surface area contributed by atoms with E-state index in [-0.39, 0.29) is 12.4 Å². The topological polar surface area (TPSA) is 42.4 Å². The molecule has 100 valence electrons. The zero-order valence-corrected chi connectivity index (χ0v) is 11.2. The monoisotopic (exact) mass is 261 g/mol. The summed E-state index contributed by atoms with van der Waals surface area (Å²) < 4.78 is 19.1. The molecule has 0 fully saturated rings. The van der Waals surface area contributed by atoms with Crippen molar-refractivity contribution in [3.8, 4) is 11.6 Å². The molecule has 0 aliphatic heterocycles. The number of aliphatic hydroxyl groups excluding tert-OH is 1. The number of rotatable bonds is 3. The van der Waals surface area contributed by atoms with E-state index >= 15 is 0 Å². The Kier molecular flexibility index (Phi) is 3.81. The summed E-state index contributed by atoms with van der Waals surface area (Å²) >= 11 is 0. The molecule has 0 spiro atoms. The van der Waals surface area contributed by atoms with Crippen molar-refractivity contribution < 1.29 is 14.2 Å². The van der Waals surface area contributed by atoms with Crippen molar-refractivity contribution in [2.75, 3.05) is 0 Å². The Hall–Kier alpha value is -1.94. The van der Waals surface area contributed by atoms with E-state index in [1.54, 1.807) is 19.1 Å². The van der Waals surface area contributed by atoms with Gasteiger partial charge in [-0.15, -0.1) is 0 Å². The molecule has 19 heavy (non-hydrogen) atoms. The lowest BCUT2D eigenvalue weighted by molar-refractivity contribution is 0.274. The molecular weight excluding hydrogens is 245 g/mol. The lowest BCUT2D eigenvalue weighted by atomic mass is 10.1. The van der Waals surface area contributed by atoms with E-state index in [2.05, 4.69) is 4.98 Å². The number of halogens is 1. The number of hydrogen-bond donors (Lipinski definition) is 1. The van der Waals surface area contributed by atoms with Crippen molar-refractivity contribution in [1.29, 1.82) is 0 Å². The van der Waals surface area contributed by atoms with Crippen LogP contribution in [0.3, 0.4) is 0 Å². The average molecular weight is 261 g/mol. The van der Waals surface area contributed by atoms with Crippen LogP contribution in [0.1, 0.15) is 22.4 Å². The lowest BCUT2D eigenvalue weighted by Crippen LogP contribution is -2.00. The standard InChI is InChI=1S/C15H16FNO2/c1-9-4-5-12(7-14(9)16)19-15-13(8-18)10(2)6-11(3)17-15/h4-7,18H,8H2,1-3H3. The molecule has 2 rings (SSSR count). The summed E-state index contributed by atoms with van der Waals surface area (Å²) in [7, 11) is 0. The van der Waals surface area contributed by atoms with Gasteiger partial charge in [0.2, 0.25) is 5.88 Å². The van der Waals surface area contributed by atoms with E-state index in [0.717, 1.165) is 11.3 Å². The second-order valence-corrected chi connectivity index (χ2v) is 4.54. The van der Waals surface area contributed by atoms with E-state index in [1.165, 1.54) is 6.07 Å². The van der Waals surface area contributed by atoms with Gasteiger partial charge in [-0.05, 0) is 44.0 Å². The number of ether oxygens (including phenoxy) is 1. The molecule has 0 aliphatic carbocycles. The normalized spacial score (nSPS) is 10.6. The van der Waals surface area contributed by atoms with E-state index < -0.39 is 0 Å². The van der Waals surface area contributed by atoms with Gasteiger partial charge in [-0.3, -0.25) is 0 Å². The van der Waals surface area contributed by atoms with E-state index in [0.29, 0.717) is 22.8 Å². The zero-order chi connectivity index (χ0) is 14.0. The molecule has 1 N–H and O–H groups in total. The third-order valence-electron chi connectivity index (χ3n) is 2.95. The minimum atomic E-state index is -0.326. The Morgan fingerprint density at radius 1 is 1.16 bits per heavy atom. The maximum absolute atomic E-state index is 13.5. The number of benzene rings is 1. The van der Waals surface area contributed by atoms with Crippen LogP contribution < -0.4 is 4.74 Å².